The van der Waals surface area contributed by atoms with Crippen molar-refractivity contribution in [3.8, 4) is 0 Å². The highest BCUT2D eigenvalue weighted by atomic mass is 79.9. The van der Waals surface area contributed by atoms with Crippen LogP contribution in [0.15, 0.2) is 40.9 Å². The topological polar surface area (TPSA) is 38.0 Å². The standard InChI is InChI=1S/C13H10BrF3N2/c14-11-7(3-1-5-9(11)15)13(19-18)8-4-2-6-10(16)12(8)17/h1-6,13,19H,18H2. The van der Waals surface area contributed by atoms with E-state index in [0.717, 1.165) is 6.07 Å². The molecular weight excluding hydrogens is 321 g/mol. The van der Waals surface area contributed by atoms with E-state index in [0.29, 0.717) is 5.56 Å². The highest BCUT2D eigenvalue weighted by Gasteiger charge is 2.21. The maximum absolute atomic E-state index is 13.8. The van der Waals surface area contributed by atoms with Gasteiger partial charge in [-0.25, -0.2) is 18.6 Å². The molecule has 0 saturated carbocycles. The van der Waals surface area contributed by atoms with Crippen molar-refractivity contribution in [3.05, 3.63) is 69.4 Å². The van der Waals surface area contributed by atoms with Crippen LogP contribution in [0.5, 0.6) is 0 Å². The molecule has 6 heteroatoms. The van der Waals surface area contributed by atoms with Gasteiger partial charge in [-0.3, -0.25) is 5.84 Å². The van der Waals surface area contributed by atoms with Crippen LogP contribution >= 0.6 is 15.9 Å². The first kappa shape index (κ1) is 14.0. The number of benzene rings is 2. The average molecular weight is 331 g/mol. The number of nitrogens with one attached hydrogen (secondary N) is 1. The van der Waals surface area contributed by atoms with E-state index in [1.807, 2.05) is 0 Å². The van der Waals surface area contributed by atoms with E-state index in [4.69, 9.17) is 5.84 Å². The van der Waals surface area contributed by atoms with E-state index in [1.165, 1.54) is 24.3 Å². The molecule has 2 aromatic rings. The van der Waals surface area contributed by atoms with Crippen LogP contribution in [0, 0.1) is 17.5 Å². The van der Waals surface area contributed by atoms with Gasteiger partial charge in [0, 0.05) is 5.56 Å². The van der Waals surface area contributed by atoms with Gasteiger partial charge in [0.15, 0.2) is 11.6 Å². The highest BCUT2D eigenvalue weighted by Crippen LogP contribution is 2.31. The summed E-state index contributed by atoms with van der Waals surface area (Å²) in [4.78, 5) is 0. The average Bonchev–Trinajstić information content (AvgIpc) is 2.40. The van der Waals surface area contributed by atoms with Gasteiger partial charge < -0.3 is 0 Å². The number of halogens is 4. The Kier molecular flexibility index (Phi) is 4.24. The summed E-state index contributed by atoms with van der Waals surface area (Å²) in [6.45, 7) is 0. The highest BCUT2D eigenvalue weighted by molar-refractivity contribution is 9.10. The smallest absolute Gasteiger partial charge is 0.163 e. The normalized spacial score (nSPS) is 12.5. The molecule has 0 spiro atoms. The molecule has 0 fully saturated rings. The molecule has 1 atom stereocenters. The van der Waals surface area contributed by atoms with Gasteiger partial charge in [-0.15, -0.1) is 0 Å². The van der Waals surface area contributed by atoms with Crippen molar-refractivity contribution in [2.75, 3.05) is 0 Å². The van der Waals surface area contributed by atoms with E-state index in [9.17, 15) is 13.2 Å². The number of rotatable bonds is 3. The second-order valence-electron chi connectivity index (χ2n) is 3.89. The summed E-state index contributed by atoms with van der Waals surface area (Å²) in [5.74, 6) is 2.89. The van der Waals surface area contributed by atoms with Crippen molar-refractivity contribution in [1.29, 1.82) is 0 Å². The Labute approximate surface area is 116 Å². The molecule has 1 unspecified atom stereocenters. The van der Waals surface area contributed by atoms with Crippen molar-refractivity contribution in [2.45, 2.75) is 6.04 Å². The van der Waals surface area contributed by atoms with Crippen LogP contribution in [0.3, 0.4) is 0 Å². The van der Waals surface area contributed by atoms with Gasteiger partial charge >= 0.3 is 0 Å². The van der Waals surface area contributed by atoms with Crippen molar-refractivity contribution < 1.29 is 13.2 Å². The molecule has 3 N–H and O–H groups in total. The summed E-state index contributed by atoms with van der Waals surface area (Å²) in [5.41, 5.74) is 2.76. The summed E-state index contributed by atoms with van der Waals surface area (Å²) in [7, 11) is 0. The molecule has 2 rings (SSSR count). The molecule has 0 heterocycles. The van der Waals surface area contributed by atoms with Crippen molar-refractivity contribution in [3.63, 3.8) is 0 Å². The molecule has 0 amide bonds. The zero-order valence-corrected chi connectivity index (χ0v) is 11.2. The summed E-state index contributed by atoms with van der Waals surface area (Å²) in [5, 5.41) is 0. The molecule has 0 aromatic heterocycles. The van der Waals surface area contributed by atoms with Crippen LogP contribution in [0.2, 0.25) is 0 Å². The van der Waals surface area contributed by atoms with Crippen LogP contribution in [0.4, 0.5) is 13.2 Å². The SMILES string of the molecule is NNC(c1cccc(F)c1F)c1cccc(F)c1Br. The van der Waals surface area contributed by atoms with Crippen LogP contribution in [-0.2, 0) is 0 Å². The van der Waals surface area contributed by atoms with Gasteiger partial charge in [-0.2, -0.15) is 0 Å². The second-order valence-corrected chi connectivity index (χ2v) is 4.68. The number of hydrogen-bond donors (Lipinski definition) is 2. The van der Waals surface area contributed by atoms with E-state index in [-0.39, 0.29) is 10.0 Å². The number of nitrogens with two attached hydrogens (primary N) is 1. The quantitative estimate of drug-likeness (QED) is 0.668. The predicted molar refractivity (Wildman–Crippen MR) is 69.6 cm³/mol. The van der Waals surface area contributed by atoms with Crippen LogP contribution in [0.1, 0.15) is 17.2 Å². The molecule has 2 aromatic carbocycles. The Morgan fingerprint density at radius 2 is 1.53 bits per heavy atom. The lowest BCUT2D eigenvalue weighted by atomic mass is 9.98. The Morgan fingerprint density at radius 1 is 0.947 bits per heavy atom. The minimum atomic E-state index is -1.01. The van der Waals surface area contributed by atoms with E-state index >= 15 is 0 Å². The Bertz CT molecular complexity index is 553. The molecule has 100 valence electrons. The molecule has 0 bridgehead atoms. The Balaban J connectivity index is 2.57. The first-order valence-electron chi connectivity index (χ1n) is 5.40. The summed E-state index contributed by atoms with van der Waals surface area (Å²) >= 11 is 3.08. The van der Waals surface area contributed by atoms with Gasteiger partial charge in [0.2, 0.25) is 0 Å². The molecule has 19 heavy (non-hydrogen) atoms. The fraction of sp³-hybridized carbons (Fsp3) is 0.0769. The minimum Gasteiger partial charge on any atom is -0.271 e. The largest absolute Gasteiger partial charge is 0.271 e. The lowest BCUT2D eigenvalue weighted by Crippen LogP contribution is -2.30. The van der Waals surface area contributed by atoms with E-state index in [2.05, 4.69) is 21.4 Å². The molecule has 0 radical (unpaired) electrons. The maximum atomic E-state index is 13.8. The maximum Gasteiger partial charge on any atom is 0.163 e. The first-order chi connectivity index (χ1) is 9.06. The molecule has 0 aliphatic rings. The minimum absolute atomic E-state index is 0.00815. The molecule has 0 aliphatic carbocycles. The molecule has 2 nitrogen and oxygen atoms in total. The third-order valence-electron chi connectivity index (χ3n) is 2.75. The van der Waals surface area contributed by atoms with E-state index in [1.54, 1.807) is 6.07 Å². The summed E-state index contributed by atoms with van der Waals surface area (Å²) in [6.07, 6.45) is 0. The molecule has 0 aliphatic heterocycles. The Morgan fingerprint density at radius 3 is 2.16 bits per heavy atom. The second kappa shape index (κ2) is 5.73. The lowest BCUT2D eigenvalue weighted by Gasteiger charge is -2.19. The molecular formula is C13H10BrF3N2. The van der Waals surface area contributed by atoms with Gasteiger partial charge in [-0.05, 0) is 33.6 Å². The third kappa shape index (κ3) is 2.65. The number of hydrogen-bond acceptors (Lipinski definition) is 2. The first-order valence-corrected chi connectivity index (χ1v) is 6.19. The fourth-order valence-corrected chi connectivity index (χ4v) is 2.33. The zero-order valence-electron chi connectivity index (χ0n) is 9.63. The van der Waals surface area contributed by atoms with E-state index < -0.39 is 23.5 Å². The van der Waals surface area contributed by atoms with Crippen molar-refractivity contribution in [2.24, 2.45) is 5.84 Å². The van der Waals surface area contributed by atoms with Crippen molar-refractivity contribution >= 4 is 15.9 Å². The fourth-order valence-electron chi connectivity index (χ4n) is 1.83. The van der Waals surface area contributed by atoms with Gasteiger partial charge in [-0.1, -0.05) is 24.3 Å². The van der Waals surface area contributed by atoms with Gasteiger partial charge in [0.1, 0.15) is 5.82 Å². The van der Waals surface area contributed by atoms with Crippen molar-refractivity contribution in [1.82, 2.24) is 5.43 Å². The van der Waals surface area contributed by atoms with Gasteiger partial charge in [0.25, 0.3) is 0 Å². The van der Waals surface area contributed by atoms with Crippen LogP contribution in [0.25, 0.3) is 0 Å². The summed E-state index contributed by atoms with van der Waals surface area (Å²) in [6, 6.07) is 7.20. The van der Waals surface area contributed by atoms with Crippen LogP contribution in [-0.4, -0.2) is 0 Å². The predicted octanol–water partition coefficient (Wildman–Crippen LogP) is 3.42. The molecule has 0 saturated heterocycles. The van der Waals surface area contributed by atoms with Gasteiger partial charge in [0.05, 0.1) is 10.5 Å². The zero-order chi connectivity index (χ0) is 14.0. The number of hydrazine groups is 1. The Hall–Kier alpha value is -1.37. The third-order valence-corrected chi connectivity index (χ3v) is 3.59. The monoisotopic (exact) mass is 330 g/mol. The summed E-state index contributed by atoms with van der Waals surface area (Å²) < 4.78 is 40.7. The van der Waals surface area contributed by atoms with Crippen LogP contribution < -0.4 is 11.3 Å². The lowest BCUT2D eigenvalue weighted by molar-refractivity contribution is 0.482.